The molecule has 1 aromatic heterocycles. The quantitative estimate of drug-likeness (QED) is 0.0826. The van der Waals surface area contributed by atoms with Crippen LogP contribution < -0.4 is 10.2 Å². The van der Waals surface area contributed by atoms with Crippen LogP contribution in [0.5, 0.6) is 0 Å². The number of carbonyl (C=O) groups is 5. The smallest absolute Gasteiger partial charge is 0.306 e. The Bertz CT molecular complexity index is 1600. The highest BCUT2D eigenvalue weighted by atomic mass is 35.5. The lowest BCUT2D eigenvalue weighted by Crippen LogP contribution is -2.42. The molecular weight excluding hydrogens is 742 g/mol. The van der Waals surface area contributed by atoms with Crippen molar-refractivity contribution >= 4 is 58.5 Å². The van der Waals surface area contributed by atoms with Crippen LogP contribution in [0, 0.1) is 11.8 Å². The van der Waals surface area contributed by atoms with Crippen molar-refractivity contribution in [1.82, 2.24) is 4.98 Å². The van der Waals surface area contributed by atoms with Crippen LogP contribution in [0.25, 0.3) is 0 Å². The molecular formula is C42H60ClN3O10. The van der Waals surface area contributed by atoms with Gasteiger partial charge in [0, 0.05) is 39.3 Å². The van der Waals surface area contributed by atoms with Crippen molar-refractivity contribution in [1.29, 1.82) is 0 Å². The van der Waals surface area contributed by atoms with Gasteiger partial charge in [0.2, 0.25) is 0 Å². The Morgan fingerprint density at radius 3 is 2.04 bits per heavy atom. The predicted octanol–water partition coefficient (Wildman–Crippen LogP) is 8.09. The fourth-order valence-corrected chi connectivity index (χ4v) is 6.64. The molecule has 0 amide bonds. The zero-order chi connectivity index (χ0) is 41.6. The van der Waals surface area contributed by atoms with E-state index in [1.165, 1.54) is 13.8 Å². The Balaban J connectivity index is 1.67. The number of benzene rings is 1. The molecule has 0 bridgehead atoms. The van der Waals surface area contributed by atoms with Gasteiger partial charge in [-0.25, -0.2) is 4.98 Å². The molecule has 1 aliphatic carbocycles. The predicted molar refractivity (Wildman–Crippen MR) is 214 cm³/mol. The number of halogens is 1. The summed E-state index contributed by atoms with van der Waals surface area (Å²) in [6, 6.07) is 10.1. The molecule has 2 aromatic rings. The lowest BCUT2D eigenvalue weighted by Gasteiger charge is -2.40. The molecule has 0 radical (unpaired) electrons. The van der Waals surface area contributed by atoms with Crippen LogP contribution in [0.15, 0.2) is 36.5 Å². The fraction of sp³-hybridized carbons (Fsp3) is 0.619. The number of aromatic nitrogens is 1. The van der Waals surface area contributed by atoms with Crippen molar-refractivity contribution in [3.8, 4) is 0 Å². The number of hydrogen-bond donors (Lipinski definition) is 1. The Hall–Kier alpha value is -4.39. The van der Waals surface area contributed by atoms with Gasteiger partial charge in [-0.3, -0.25) is 24.0 Å². The van der Waals surface area contributed by atoms with Crippen molar-refractivity contribution < 1.29 is 47.7 Å². The second-order valence-electron chi connectivity index (χ2n) is 16.2. The Morgan fingerprint density at radius 1 is 0.857 bits per heavy atom. The first-order chi connectivity index (χ1) is 26.3. The maximum absolute atomic E-state index is 13.0. The molecule has 0 spiro atoms. The van der Waals surface area contributed by atoms with Crippen molar-refractivity contribution in [3.05, 3.63) is 47.2 Å². The van der Waals surface area contributed by atoms with Crippen LogP contribution in [0.3, 0.4) is 0 Å². The molecule has 56 heavy (non-hydrogen) atoms. The van der Waals surface area contributed by atoms with Gasteiger partial charge in [0.25, 0.3) is 0 Å². The highest BCUT2D eigenvalue weighted by Gasteiger charge is 2.31. The number of anilines is 3. The first kappa shape index (κ1) is 46.0. The van der Waals surface area contributed by atoms with Gasteiger partial charge in [-0.2, -0.15) is 0 Å². The van der Waals surface area contributed by atoms with Crippen LogP contribution in [0.2, 0.25) is 5.15 Å². The summed E-state index contributed by atoms with van der Waals surface area (Å²) in [5.41, 5.74) is 3.11. The highest BCUT2D eigenvalue weighted by Crippen LogP contribution is 2.38. The minimum Gasteiger partial charge on any atom is -0.462 e. The second-order valence-corrected chi connectivity index (χ2v) is 16.5. The van der Waals surface area contributed by atoms with Gasteiger partial charge >= 0.3 is 29.8 Å². The first-order valence-electron chi connectivity index (χ1n) is 19.4. The van der Waals surface area contributed by atoms with Gasteiger partial charge in [0.05, 0.1) is 29.7 Å². The zero-order valence-corrected chi connectivity index (χ0v) is 35.1. The highest BCUT2D eigenvalue weighted by molar-refractivity contribution is 6.29. The lowest BCUT2D eigenvalue weighted by molar-refractivity contribution is -0.166. The molecule has 1 heterocycles. The summed E-state index contributed by atoms with van der Waals surface area (Å²) in [4.78, 5) is 67.4. The number of ether oxygens (including phenoxy) is 5. The summed E-state index contributed by atoms with van der Waals surface area (Å²) in [6.45, 7) is 16.5. The largest absolute Gasteiger partial charge is 0.462 e. The summed E-state index contributed by atoms with van der Waals surface area (Å²) in [5.74, 6) is -2.46. The van der Waals surface area contributed by atoms with E-state index in [-0.39, 0.29) is 68.4 Å². The van der Waals surface area contributed by atoms with E-state index in [4.69, 9.17) is 35.3 Å². The zero-order valence-electron chi connectivity index (χ0n) is 34.4. The van der Waals surface area contributed by atoms with E-state index in [1.807, 2.05) is 33.8 Å². The number of pyridine rings is 1. The van der Waals surface area contributed by atoms with Crippen LogP contribution in [0.1, 0.15) is 119 Å². The number of carbonyl (C=O) groups excluding carboxylic acids is 5. The van der Waals surface area contributed by atoms with Gasteiger partial charge in [-0.15, -0.1) is 0 Å². The van der Waals surface area contributed by atoms with Crippen molar-refractivity contribution in [2.45, 2.75) is 137 Å². The van der Waals surface area contributed by atoms with E-state index < -0.39 is 29.6 Å². The van der Waals surface area contributed by atoms with Crippen LogP contribution >= 0.6 is 11.6 Å². The molecule has 13 nitrogen and oxygen atoms in total. The second kappa shape index (κ2) is 21.8. The summed E-state index contributed by atoms with van der Waals surface area (Å²) >= 11 is 6.09. The minimum atomic E-state index is -0.952. The number of nitrogens with one attached hydrogen (secondary N) is 1. The maximum Gasteiger partial charge on any atom is 0.306 e. The maximum atomic E-state index is 13.0. The van der Waals surface area contributed by atoms with E-state index in [1.54, 1.807) is 19.2 Å². The molecule has 1 aromatic carbocycles. The SMILES string of the molecule is CC(=O)OCC(COC(C)=O)OC(=O)CC(C)CC(=O)OC1CCC(N(CC(C)C)c2ccc([C@H](C)CC(=O)OC(C)(C)C)cc2Nc2ccc(Cl)nc2)CC1. The van der Waals surface area contributed by atoms with E-state index in [2.05, 4.69) is 47.2 Å². The fourth-order valence-electron chi connectivity index (χ4n) is 6.53. The van der Waals surface area contributed by atoms with Crippen molar-refractivity contribution in [2.75, 3.05) is 30.0 Å². The minimum absolute atomic E-state index is 0.0281. The third kappa shape index (κ3) is 16.8. The van der Waals surface area contributed by atoms with Gasteiger partial charge < -0.3 is 33.9 Å². The Morgan fingerprint density at radius 2 is 1.48 bits per heavy atom. The Kier molecular flexibility index (Phi) is 17.9. The van der Waals surface area contributed by atoms with Crippen LogP contribution in [-0.4, -0.2) is 78.4 Å². The third-order valence-corrected chi connectivity index (χ3v) is 9.24. The number of nitrogens with zero attached hydrogens (tertiary/aromatic N) is 2. The van der Waals surface area contributed by atoms with E-state index in [9.17, 15) is 24.0 Å². The molecule has 1 fully saturated rings. The number of hydrogen-bond acceptors (Lipinski definition) is 13. The average molecular weight is 802 g/mol. The molecule has 2 atom stereocenters. The van der Waals surface area contributed by atoms with Crippen molar-refractivity contribution in [2.24, 2.45) is 11.8 Å². The van der Waals surface area contributed by atoms with Gasteiger partial charge in [0.15, 0.2) is 6.10 Å². The molecule has 1 unspecified atom stereocenters. The van der Waals surface area contributed by atoms with E-state index in [0.717, 1.165) is 42.0 Å². The van der Waals surface area contributed by atoms with Gasteiger partial charge in [-0.1, -0.05) is 45.4 Å². The summed E-state index contributed by atoms with van der Waals surface area (Å²) in [7, 11) is 0. The van der Waals surface area contributed by atoms with E-state index in [0.29, 0.717) is 23.9 Å². The summed E-state index contributed by atoms with van der Waals surface area (Å²) < 4.78 is 26.7. The van der Waals surface area contributed by atoms with Crippen LogP contribution in [0.4, 0.5) is 17.1 Å². The standard InChI is InChI=1S/C42H60ClN3O10/c1-26(2)23-46(37-16-10-31(28(4)20-41(51)56-42(7,8)9)21-36(37)45-32-11-17-38(43)44-22-32)33-12-14-34(15-13-33)54-39(49)18-27(3)19-40(50)55-35(24-52-29(5)47)25-53-30(6)48/h10-11,16-17,21-22,26-28,33-35,45H,12-15,18-20,23-25H2,1-9H3/t27?,28-,33?,34?/m1/s1. The molecule has 310 valence electrons. The third-order valence-electron chi connectivity index (χ3n) is 9.02. The monoisotopic (exact) mass is 801 g/mol. The summed E-state index contributed by atoms with van der Waals surface area (Å²) in [6.07, 6.45) is 3.67. The molecule has 14 heteroatoms. The summed E-state index contributed by atoms with van der Waals surface area (Å²) in [5, 5.41) is 3.95. The molecule has 1 saturated carbocycles. The number of esters is 5. The van der Waals surface area contributed by atoms with Crippen LogP contribution in [-0.2, 0) is 47.7 Å². The molecule has 1 aliphatic rings. The van der Waals surface area contributed by atoms with Crippen molar-refractivity contribution in [3.63, 3.8) is 0 Å². The molecule has 3 rings (SSSR count). The topological polar surface area (TPSA) is 160 Å². The molecule has 1 N–H and O–H groups in total. The molecule has 0 saturated heterocycles. The lowest BCUT2D eigenvalue weighted by atomic mass is 9.90. The normalized spacial score (nSPS) is 16.7. The average Bonchev–Trinajstić information content (AvgIpc) is 3.08. The van der Waals surface area contributed by atoms with Gasteiger partial charge in [0.1, 0.15) is 30.1 Å². The molecule has 0 aliphatic heterocycles. The van der Waals surface area contributed by atoms with E-state index >= 15 is 0 Å². The number of rotatable bonds is 19. The van der Waals surface area contributed by atoms with Gasteiger partial charge in [-0.05, 0) is 94.0 Å². The first-order valence-corrected chi connectivity index (χ1v) is 19.8. The Labute approximate surface area is 336 Å².